The molecule has 2 aliphatic heterocycles. The number of carbonyl (C=O) groups is 2. The Hall–Kier alpha value is -1.25. The van der Waals surface area contributed by atoms with Gasteiger partial charge in [0, 0.05) is 31.3 Å². The first-order valence-electron chi connectivity index (χ1n) is 6.15. The Morgan fingerprint density at radius 3 is 2.70 bits per heavy atom. The zero-order valence-electron chi connectivity index (χ0n) is 10.7. The van der Waals surface area contributed by atoms with Crippen molar-refractivity contribution < 1.29 is 22.8 Å². The zero-order chi connectivity index (χ0) is 14.9. The van der Waals surface area contributed by atoms with Crippen LogP contribution < -0.4 is 5.32 Å². The summed E-state index contributed by atoms with van der Waals surface area (Å²) >= 11 is 1.18. The van der Waals surface area contributed by atoms with E-state index in [4.69, 9.17) is 0 Å². The number of likely N-dealkylation sites (tertiary alicyclic amines) is 1. The van der Waals surface area contributed by atoms with Crippen LogP contribution in [-0.4, -0.2) is 53.5 Å². The minimum absolute atomic E-state index is 0.0105. The summed E-state index contributed by atoms with van der Waals surface area (Å²) in [5, 5.41) is 1.60. The first kappa shape index (κ1) is 15.1. The zero-order valence-corrected chi connectivity index (χ0v) is 11.5. The number of hydrogen-bond acceptors (Lipinski definition) is 4. The third-order valence-electron chi connectivity index (χ3n) is 3.28. The van der Waals surface area contributed by atoms with Crippen LogP contribution in [0.5, 0.6) is 0 Å². The second-order valence-electron chi connectivity index (χ2n) is 4.88. The number of alkyl halides is 3. The van der Waals surface area contributed by atoms with Crippen molar-refractivity contribution >= 4 is 30.0 Å². The van der Waals surface area contributed by atoms with Gasteiger partial charge in [-0.05, 0) is 18.4 Å². The minimum Gasteiger partial charge on any atom is -0.344 e. The van der Waals surface area contributed by atoms with Crippen molar-refractivity contribution in [3.63, 3.8) is 0 Å². The molecule has 9 heteroatoms. The van der Waals surface area contributed by atoms with Crippen LogP contribution >= 0.6 is 11.9 Å². The number of rotatable bonds is 2. The molecule has 20 heavy (non-hydrogen) atoms. The monoisotopic (exact) mass is 309 g/mol. The van der Waals surface area contributed by atoms with Crippen molar-refractivity contribution in [2.75, 3.05) is 13.1 Å². The summed E-state index contributed by atoms with van der Waals surface area (Å²) in [4.78, 5) is 24.5. The molecule has 0 aromatic carbocycles. The summed E-state index contributed by atoms with van der Waals surface area (Å²) in [5.41, 5.74) is 0. The van der Waals surface area contributed by atoms with Crippen LogP contribution in [0.2, 0.25) is 0 Å². The summed E-state index contributed by atoms with van der Waals surface area (Å²) in [6, 6.07) is -0.643. The molecule has 2 rings (SSSR count). The van der Waals surface area contributed by atoms with Gasteiger partial charge in [-0.1, -0.05) is 6.92 Å². The molecule has 1 saturated heterocycles. The lowest BCUT2D eigenvalue weighted by atomic mass is 10.1. The van der Waals surface area contributed by atoms with Crippen molar-refractivity contribution in [3.8, 4) is 0 Å². The molecule has 3 unspecified atom stereocenters. The van der Waals surface area contributed by atoms with Gasteiger partial charge in [0.1, 0.15) is 5.25 Å². The number of hydrogen-bond donors (Lipinski definition) is 1. The van der Waals surface area contributed by atoms with Crippen molar-refractivity contribution in [1.29, 1.82) is 0 Å². The Morgan fingerprint density at radius 2 is 2.15 bits per heavy atom. The van der Waals surface area contributed by atoms with Gasteiger partial charge in [-0.25, -0.2) is 4.40 Å². The maximum absolute atomic E-state index is 12.2. The van der Waals surface area contributed by atoms with Crippen molar-refractivity contribution in [2.45, 2.75) is 30.8 Å². The molecule has 5 nitrogen and oxygen atoms in total. The Kier molecular flexibility index (Phi) is 4.26. The lowest BCUT2D eigenvalue weighted by Crippen LogP contribution is -2.45. The molecule has 2 heterocycles. The Labute approximate surface area is 118 Å². The van der Waals surface area contributed by atoms with Crippen LogP contribution in [0.15, 0.2) is 4.40 Å². The lowest BCUT2D eigenvalue weighted by Gasteiger charge is -2.21. The molecular weight excluding hydrogens is 295 g/mol. The average molecular weight is 309 g/mol. The summed E-state index contributed by atoms with van der Waals surface area (Å²) < 4.78 is 40.4. The van der Waals surface area contributed by atoms with E-state index in [-0.39, 0.29) is 23.6 Å². The summed E-state index contributed by atoms with van der Waals surface area (Å²) in [6.45, 7) is 2.33. The van der Waals surface area contributed by atoms with Crippen LogP contribution in [0.1, 0.15) is 13.3 Å². The molecule has 0 bridgehead atoms. The van der Waals surface area contributed by atoms with Gasteiger partial charge in [0.2, 0.25) is 5.91 Å². The van der Waals surface area contributed by atoms with Gasteiger partial charge in [-0.3, -0.25) is 9.59 Å². The van der Waals surface area contributed by atoms with Gasteiger partial charge in [-0.2, -0.15) is 13.2 Å². The standard InChI is InChI=1S/C11H14F3N3O2S/c1-6-4-15-20-8(6)9(18)17-3-2-7(5-17)16-10(19)11(12,13)14/h4,6-8H,2-3,5H2,1H3,(H,16,19). The van der Waals surface area contributed by atoms with Gasteiger partial charge < -0.3 is 10.2 Å². The molecule has 3 atom stereocenters. The average Bonchev–Trinajstić information content (AvgIpc) is 2.96. The molecule has 0 aliphatic carbocycles. The summed E-state index contributed by atoms with van der Waals surface area (Å²) in [6.07, 6.45) is -2.87. The number of nitrogens with one attached hydrogen (secondary N) is 1. The molecule has 0 spiro atoms. The SMILES string of the molecule is CC1C=NSC1C(=O)N1CCC(NC(=O)C(F)(F)F)C1. The van der Waals surface area contributed by atoms with Crippen molar-refractivity contribution in [3.05, 3.63) is 0 Å². The molecule has 1 fully saturated rings. The summed E-state index contributed by atoms with van der Waals surface area (Å²) in [7, 11) is 0. The van der Waals surface area contributed by atoms with Crippen LogP contribution in [0.4, 0.5) is 13.2 Å². The first-order chi connectivity index (χ1) is 9.29. The second-order valence-corrected chi connectivity index (χ2v) is 5.81. The normalized spacial score (nSPS) is 29.8. The lowest BCUT2D eigenvalue weighted by molar-refractivity contribution is -0.174. The highest BCUT2D eigenvalue weighted by Crippen LogP contribution is 2.29. The Morgan fingerprint density at radius 1 is 1.45 bits per heavy atom. The second kappa shape index (κ2) is 5.63. The molecule has 0 aromatic rings. The molecular formula is C11H14F3N3O2S. The number of carbonyl (C=O) groups excluding carboxylic acids is 2. The van der Waals surface area contributed by atoms with E-state index >= 15 is 0 Å². The molecule has 2 aliphatic rings. The molecule has 2 amide bonds. The highest BCUT2D eigenvalue weighted by Gasteiger charge is 2.42. The Balaban J connectivity index is 1.86. The summed E-state index contributed by atoms with van der Waals surface area (Å²) in [5.74, 6) is -2.08. The van der Waals surface area contributed by atoms with Crippen LogP contribution in [0.25, 0.3) is 0 Å². The quantitative estimate of drug-likeness (QED) is 0.774. The fourth-order valence-electron chi connectivity index (χ4n) is 2.17. The molecule has 112 valence electrons. The largest absolute Gasteiger partial charge is 0.471 e. The fourth-order valence-corrected chi connectivity index (χ4v) is 3.06. The van der Waals surface area contributed by atoms with Gasteiger partial charge in [0.15, 0.2) is 0 Å². The molecule has 0 aromatic heterocycles. The predicted molar refractivity (Wildman–Crippen MR) is 68.2 cm³/mol. The molecule has 0 saturated carbocycles. The fraction of sp³-hybridized carbons (Fsp3) is 0.727. The van der Waals surface area contributed by atoms with E-state index in [1.54, 1.807) is 6.21 Å². The van der Waals surface area contributed by atoms with E-state index < -0.39 is 18.1 Å². The van der Waals surface area contributed by atoms with Crippen LogP contribution in [-0.2, 0) is 9.59 Å². The van der Waals surface area contributed by atoms with E-state index in [1.165, 1.54) is 16.8 Å². The van der Waals surface area contributed by atoms with Crippen LogP contribution in [0.3, 0.4) is 0 Å². The highest BCUT2D eigenvalue weighted by molar-refractivity contribution is 7.99. The number of halogens is 3. The third kappa shape index (κ3) is 3.25. The van der Waals surface area contributed by atoms with E-state index in [1.807, 2.05) is 12.2 Å². The van der Waals surface area contributed by atoms with E-state index in [9.17, 15) is 22.8 Å². The molecule has 0 radical (unpaired) electrons. The maximum Gasteiger partial charge on any atom is 0.471 e. The first-order valence-corrected chi connectivity index (χ1v) is 6.98. The van der Waals surface area contributed by atoms with Gasteiger partial charge in [0.05, 0.1) is 0 Å². The number of nitrogens with zero attached hydrogens (tertiary/aromatic N) is 2. The maximum atomic E-state index is 12.2. The Bertz CT molecular complexity index is 441. The third-order valence-corrected chi connectivity index (χ3v) is 4.39. The van der Waals surface area contributed by atoms with E-state index in [0.29, 0.717) is 13.0 Å². The van der Waals surface area contributed by atoms with Crippen molar-refractivity contribution in [2.24, 2.45) is 10.3 Å². The highest BCUT2D eigenvalue weighted by atomic mass is 32.2. The van der Waals surface area contributed by atoms with Crippen molar-refractivity contribution in [1.82, 2.24) is 10.2 Å². The van der Waals surface area contributed by atoms with E-state index in [2.05, 4.69) is 4.40 Å². The molecule has 1 N–H and O–H groups in total. The van der Waals surface area contributed by atoms with Crippen LogP contribution in [0, 0.1) is 5.92 Å². The van der Waals surface area contributed by atoms with E-state index in [0.717, 1.165) is 0 Å². The van der Waals surface area contributed by atoms with Gasteiger partial charge in [-0.15, -0.1) is 0 Å². The van der Waals surface area contributed by atoms with Gasteiger partial charge >= 0.3 is 12.1 Å². The van der Waals surface area contributed by atoms with Gasteiger partial charge in [0.25, 0.3) is 0 Å². The predicted octanol–water partition coefficient (Wildman–Crippen LogP) is 1.00. The topological polar surface area (TPSA) is 61.8 Å². The minimum atomic E-state index is -4.89. The smallest absolute Gasteiger partial charge is 0.344 e. The number of amides is 2.